The van der Waals surface area contributed by atoms with Crippen LogP contribution in [0, 0.1) is 45.3 Å². The number of nitrogens with zero attached hydrogens (tertiary/aromatic N) is 10. The number of hydrogen-bond acceptors (Lipinski definition) is 4. The molecular weight excluding hydrogens is 1670 g/mol. The number of alkyl halides is 6. The fraction of sp³-hybridized carbons (Fsp3) is 0.153. The molecule has 0 fully saturated rings. The van der Waals surface area contributed by atoms with Crippen LogP contribution in [0.5, 0.6) is 0 Å². The third-order valence-corrected chi connectivity index (χ3v) is 27.7. The molecule has 0 spiro atoms. The number of rotatable bonds is 11. The Morgan fingerprint density at radius 3 is 0.851 bits per heavy atom. The Balaban J connectivity index is 0.717. The van der Waals surface area contributed by atoms with E-state index in [-0.39, 0.29) is 55.2 Å². The SMILES string of the molecule is CC(C)(C)c1ccc2c(c1)c1cc(C(C)(C)C)ccc1n2-c1cc(C#N)c(-c2c(C#N)cccc2C(F)(F)F)cc1-n1c2ccc(C(C)(C)C)cc2c2cc(C(C)(C)Cc3ccc4c(c3)c3ccccc3n4-c3ccc4c5ccccc5n(-c5cc(C#N)c(-c6c(C#N)cccc6C(F)(F)F)cc5-n5c6ccccc6c6ccc(-n7c8ccccc8c8ccccc87)cc65)c4c3)ccc21. The fourth-order valence-electron chi connectivity index (χ4n) is 21.1. The number of halogens is 6. The van der Waals surface area contributed by atoms with Gasteiger partial charge in [-0.15, -0.1) is 0 Å². The fourth-order valence-corrected chi connectivity index (χ4v) is 21.1. The third-order valence-electron chi connectivity index (χ3n) is 27.7. The first-order valence-electron chi connectivity index (χ1n) is 44.9. The zero-order valence-electron chi connectivity index (χ0n) is 75.4. The van der Waals surface area contributed by atoms with Gasteiger partial charge in [0.25, 0.3) is 0 Å². The van der Waals surface area contributed by atoms with Crippen molar-refractivity contribution in [3.63, 3.8) is 0 Å². The Morgan fingerprint density at radius 1 is 0.231 bits per heavy atom. The van der Waals surface area contributed by atoms with E-state index < -0.39 is 34.5 Å². The zero-order chi connectivity index (χ0) is 93.0. The van der Waals surface area contributed by atoms with Crippen LogP contribution in [-0.4, -0.2) is 27.4 Å². The second-order valence-corrected chi connectivity index (χ2v) is 39.3. The van der Waals surface area contributed by atoms with Crippen molar-refractivity contribution < 1.29 is 26.3 Å². The van der Waals surface area contributed by atoms with Crippen molar-refractivity contribution >= 4 is 131 Å². The molecular formula is C118H86F6N10. The van der Waals surface area contributed by atoms with Gasteiger partial charge in [-0.3, -0.25) is 0 Å². The summed E-state index contributed by atoms with van der Waals surface area (Å²) in [5.41, 5.74) is 14.2. The second-order valence-electron chi connectivity index (χ2n) is 39.3. The van der Waals surface area contributed by atoms with Crippen molar-refractivity contribution in [3.05, 3.63) is 371 Å². The van der Waals surface area contributed by atoms with Gasteiger partial charge in [0.05, 0.1) is 147 Å². The molecule has 0 radical (unpaired) electrons. The van der Waals surface area contributed by atoms with Crippen molar-refractivity contribution in [3.8, 4) is 80.7 Å². The molecule has 650 valence electrons. The lowest BCUT2D eigenvalue weighted by Gasteiger charge is -2.26. The Morgan fingerprint density at radius 2 is 0.507 bits per heavy atom. The first-order valence-corrected chi connectivity index (χ1v) is 44.9. The van der Waals surface area contributed by atoms with Gasteiger partial charge in [-0.05, 0) is 220 Å². The number of aromatic nitrogens is 6. The van der Waals surface area contributed by atoms with Crippen molar-refractivity contribution in [2.45, 2.75) is 117 Å². The molecule has 22 rings (SSSR count). The van der Waals surface area contributed by atoms with Crippen LogP contribution in [0.2, 0.25) is 0 Å². The van der Waals surface area contributed by atoms with Gasteiger partial charge in [0.1, 0.15) is 0 Å². The van der Waals surface area contributed by atoms with E-state index in [4.69, 9.17) is 0 Å². The molecule has 0 bridgehead atoms. The summed E-state index contributed by atoms with van der Waals surface area (Å²) < 4.78 is 108. The molecule has 10 nitrogen and oxygen atoms in total. The van der Waals surface area contributed by atoms with E-state index in [1.165, 1.54) is 24.3 Å². The van der Waals surface area contributed by atoms with Crippen molar-refractivity contribution in [2.24, 2.45) is 0 Å². The minimum atomic E-state index is -4.92. The summed E-state index contributed by atoms with van der Waals surface area (Å²) in [6, 6.07) is 109. The van der Waals surface area contributed by atoms with Gasteiger partial charge < -0.3 is 27.4 Å². The third kappa shape index (κ3) is 13.0. The maximum absolute atomic E-state index is 15.8. The van der Waals surface area contributed by atoms with E-state index >= 15 is 26.3 Å². The smallest absolute Gasteiger partial charge is 0.309 e. The molecule has 0 aliphatic rings. The van der Waals surface area contributed by atoms with Gasteiger partial charge >= 0.3 is 12.4 Å². The highest BCUT2D eigenvalue weighted by molar-refractivity contribution is 6.17. The highest BCUT2D eigenvalue weighted by Crippen LogP contribution is 2.52. The van der Waals surface area contributed by atoms with Gasteiger partial charge in [-0.2, -0.15) is 47.4 Å². The molecule has 6 aromatic heterocycles. The molecule has 0 saturated carbocycles. The summed E-state index contributed by atoms with van der Waals surface area (Å²) in [5.74, 6) is 0. The van der Waals surface area contributed by atoms with Gasteiger partial charge in [0.2, 0.25) is 0 Å². The van der Waals surface area contributed by atoms with Gasteiger partial charge in [0.15, 0.2) is 0 Å². The van der Waals surface area contributed by atoms with Crippen LogP contribution in [0.25, 0.3) is 187 Å². The quantitative estimate of drug-likeness (QED) is 0.120. The number of fused-ring (bicyclic) bond motifs is 18. The van der Waals surface area contributed by atoms with Gasteiger partial charge in [-0.25, -0.2) is 0 Å². The summed E-state index contributed by atoms with van der Waals surface area (Å²) >= 11 is 0. The minimum absolute atomic E-state index is 0.0319. The van der Waals surface area contributed by atoms with Crippen LogP contribution in [0.4, 0.5) is 26.3 Å². The summed E-state index contributed by atoms with van der Waals surface area (Å²) in [6.07, 6.45) is -9.25. The van der Waals surface area contributed by atoms with E-state index in [1.807, 2.05) is 78.9 Å². The maximum atomic E-state index is 15.8. The average Bonchev–Trinajstić information content (AvgIpc) is 1.55. The molecule has 16 heteroatoms. The molecule has 0 aliphatic heterocycles. The average molecular weight is 1760 g/mol. The van der Waals surface area contributed by atoms with Crippen LogP contribution >= 0.6 is 0 Å². The highest BCUT2D eigenvalue weighted by atomic mass is 19.4. The summed E-state index contributed by atoms with van der Waals surface area (Å²) in [6.45, 7) is 24.1. The van der Waals surface area contributed by atoms with Crippen molar-refractivity contribution in [1.82, 2.24) is 27.4 Å². The topological polar surface area (TPSA) is 125 Å². The monoisotopic (exact) mass is 1760 g/mol. The zero-order valence-corrected chi connectivity index (χ0v) is 75.4. The van der Waals surface area contributed by atoms with Gasteiger partial charge in [-0.1, -0.05) is 222 Å². The van der Waals surface area contributed by atoms with Crippen LogP contribution in [-0.2, 0) is 40.4 Å². The summed E-state index contributed by atoms with van der Waals surface area (Å²) in [5, 5.41) is 56.2. The van der Waals surface area contributed by atoms with E-state index in [1.54, 1.807) is 24.3 Å². The van der Waals surface area contributed by atoms with Crippen molar-refractivity contribution in [2.75, 3.05) is 0 Å². The van der Waals surface area contributed by atoms with Gasteiger partial charge in [0, 0.05) is 98.3 Å². The molecule has 6 heterocycles. The predicted octanol–water partition coefficient (Wildman–Crippen LogP) is 31.5. The van der Waals surface area contributed by atoms with E-state index in [9.17, 15) is 21.0 Å². The minimum Gasteiger partial charge on any atom is -0.309 e. The molecule has 0 unspecified atom stereocenters. The van der Waals surface area contributed by atoms with Crippen molar-refractivity contribution in [1.29, 1.82) is 21.0 Å². The molecule has 0 saturated heterocycles. The Bertz CT molecular complexity index is 8920. The molecule has 22 aromatic rings. The number of hydrogen-bond donors (Lipinski definition) is 0. The van der Waals surface area contributed by atoms with Crippen LogP contribution in [0.15, 0.2) is 309 Å². The lowest BCUT2D eigenvalue weighted by molar-refractivity contribution is -0.137. The van der Waals surface area contributed by atoms with Crippen LogP contribution in [0.3, 0.4) is 0 Å². The molecule has 16 aromatic carbocycles. The standard InChI is InChI=1S/C118H86F6N10/c1-113(2,3)73-39-48-101-89(55-73)90-56-74(114(4,5)6)40-49-102(90)131(101)107-53-71(66-127)86(111-69(64-125)24-22-31-93(111)117(119,120)121)61-109(107)132-103-50-41-75(115(7,8)9)57-91(103)92-58-76(42-51-104(92)132)116(10,11)63-68-38-47-100-88(52-68)83-30-16-19-35-97(83)130(100)78-44-46-84-81-28-14-20-36-98(81)133(105(84)60-78)108-54-72(67-128)87(112-70(65-126)25-23-32-94(112)118(122,123)124)62-110(108)134-99-37-21-15-29-82(99)85-45-43-77(59-106(85)134)129-95-33-17-12-26-79(95)80-27-13-18-34-96(80)129/h12-62H,63H2,1-11H3. The number of nitriles is 4. The molecule has 134 heavy (non-hydrogen) atoms. The summed E-state index contributed by atoms with van der Waals surface area (Å²) in [7, 11) is 0. The first-order chi connectivity index (χ1) is 64.2. The highest BCUT2D eigenvalue weighted by Gasteiger charge is 2.40. The Labute approximate surface area is 768 Å². The summed E-state index contributed by atoms with van der Waals surface area (Å²) in [4.78, 5) is 0. The number of para-hydroxylation sites is 5. The Kier molecular flexibility index (Phi) is 18.7. The number of benzene rings is 16. The second kappa shape index (κ2) is 29.9. The molecule has 0 N–H and O–H groups in total. The van der Waals surface area contributed by atoms with E-state index in [0.29, 0.717) is 29.2 Å². The van der Waals surface area contributed by atoms with E-state index in [0.717, 1.165) is 182 Å². The lowest BCUT2D eigenvalue weighted by Crippen LogP contribution is -2.20. The molecule has 0 atom stereocenters. The molecule has 0 amide bonds. The first kappa shape index (κ1) is 83.5. The largest absolute Gasteiger partial charge is 0.417 e. The normalized spacial score (nSPS) is 12.7. The van der Waals surface area contributed by atoms with Crippen LogP contribution in [0.1, 0.15) is 137 Å². The lowest BCUT2D eigenvalue weighted by atomic mass is 9.78. The Hall–Kier alpha value is -16.1. The molecule has 0 aliphatic carbocycles. The van der Waals surface area contributed by atoms with E-state index in [2.05, 4.69) is 298 Å². The maximum Gasteiger partial charge on any atom is 0.417 e. The predicted molar refractivity (Wildman–Crippen MR) is 531 cm³/mol. The van der Waals surface area contributed by atoms with Crippen LogP contribution < -0.4 is 0 Å².